The summed E-state index contributed by atoms with van der Waals surface area (Å²) in [4.78, 5) is 22.8. The molecule has 3 aromatic rings. The van der Waals surface area contributed by atoms with E-state index in [0.29, 0.717) is 12.1 Å². The fraction of sp³-hybridized carbons (Fsp3) is 0.211. The third-order valence-corrected chi connectivity index (χ3v) is 5.86. The second kappa shape index (κ2) is 8.27. The number of thiazole rings is 1. The highest BCUT2D eigenvalue weighted by Crippen LogP contribution is 2.26. The lowest BCUT2D eigenvalue weighted by Gasteiger charge is -2.17. The molecule has 2 heterocycles. The summed E-state index contributed by atoms with van der Waals surface area (Å²) in [5, 5.41) is 2.06. The number of rotatable bonds is 6. The van der Waals surface area contributed by atoms with Crippen LogP contribution in [-0.2, 0) is 12.3 Å². The van der Waals surface area contributed by atoms with Crippen LogP contribution in [0.3, 0.4) is 0 Å². The molecule has 0 radical (unpaired) electrons. The van der Waals surface area contributed by atoms with E-state index in [1.165, 1.54) is 5.56 Å². The Labute approximate surface area is 155 Å². The van der Waals surface area contributed by atoms with Crippen molar-refractivity contribution in [3.8, 4) is 0 Å². The van der Waals surface area contributed by atoms with Crippen LogP contribution < -0.4 is 0 Å². The molecule has 0 fully saturated rings. The van der Waals surface area contributed by atoms with Crippen LogP contribution in [0.5, 0.6) is 0 Å². The second-order valence-electron chi connectivity index (χ2n) is 5.76. The van der Waals surface area contributed by atoms with Gasteiger partial charge in [0.1, 0.15) is 4.34 Å². The summed E-state index contributed by atoms with van der Waals surface area (Å²) in [6, 6.07) is 11.7. The highest BCUT2D eigenvalue weighted by atomic mass is 32.2. The first-order chi connectivity index (χ1) is 12.1. The van der Waals surface area contributed by atoms with Crippen molar-refractivity contribution in [2.75, 3.05) is 7.05 Å². The van der Waals surface area contributed by atoms with Gasteiger partial charge in [0.2, 0.25) is 0 Å². The highest BCUT2D eigenvalue weighted by molar-refractivity contribution is 8.00. The first kappa shape index (κ1) is 17.6. The first-order valence-corrected chi connectivity index (χ1v) is 9.76. The molecule has 25 heavy (non-hydrogen) atoms. The molecule has 0 bridgehead atoms. The zero-order valence-electron chi connectivity index (χ0n) is 14.2. The van der Waals surface area contributed by atoms with E-state index < -0.39 is 0 Å². The van der Waals surface area contributed by atoms with Crippen molar-refractivity contribution in [1.29, 1.82) is 0 Å². The van der Waals surface area contributed by atoms with Crippen molar-refractivity contribution in [2.45, 2.75) is 23.6 Å². The van der Waals surface area contributed by atoms with E-state index in [9.17, 15) is 4.79 Å². The van der Waals surface area contributed by atoms with E-state index in [0.717, 1.165) is 21.3 Å². The molecule has 1 aromatic carbocycles. The second-order valence-corrected chi connectivity index (χ2v) is 7.84. The lowest BCUT2D eigenvalue weighted by molar-refractivity contribution is 0.0785. The van der Waals surface area contributed by atoms with Crippen molar-refractivity contribution in [3.05, 3.63) is 76.6 Å². The third kappa shape index (κ3) is 4.90. The van der Waals surface area contributed by atoms with Crippen molar-refractivity contribution < 1.29 is 4.79 Å². The molecule has 128 valence electrons. The molecular formula is C19H19N3OS2. The Morgan fingerprint density at radius 3 is 2.64 bits per heavy atom. The molecule has 0 spiro atoms. The molecule has 0 saturated heterocycles. The summed E-state index contributed by atoms with van der Waals surface area (Å²) in [5.74, 6) is 0.867. The fourth-order valence-electron chi connectivity index (χ4n) is 2.35. The van der Waals surface area contributed by atoms with Crippen molar-refractivity contribution in [2.24, 2.45) is 0 Å². The molecule has 6 heteroatoms. The van der Waals surface area contributed by atoms with Gasteiger partial charge in [-0.3, -0.25) is 9.78 Å². The van der Waals surface area contributed by atoms with Gasteiger partial charge < -0.3 is 4.90 Å². The molecular weight excluding hydrogens is 350 g/mol. The zero-order chi connectivity index (χ0) is 17.6. The van der Waals surface area contributed by atoms with Crippen LogP contribution >= 0.6 is 23.1 Å². The van der Waals surface area contributed by atoms with Gasteiger partial charge >= 0.3 is 0 Å². The largest absolute Gasteiger partial charge is 0.337 e. The van der Waals surface area contributed by atoms with E-state index >= 15 is 0 Å². The molecule has 2 aromatic heterocycles. The summed E-state index contributed by atoms with van der Waals surface area (Å²) >= 11 is 3.39. The minimum atomic E-state index is 0.0126. The third-order valence-electron chi connectivity index (χ3n) is 3.65. The SMILES string of the molecule is Cc1csc(SCc2ccc(C(=O)N(C)Cc3cccnc3)cc2)n1. The van der Waals surface area contributed by atoms with Crippen molar-refractivity contribution in [3.63, 3.8) is 0 Å². The highest BCUT2D eigenvalue weighted by Gasteiger charge is 2.12. The van der Waals surface area contributed by atoms with Crippen LogP contribution in [-0.4, -0.2) is 27.8 Å². The summed E-state index contributed by atoms with van der Waals surface area (Å²) in [6.07, 6.45) is 3.51. The van der Waals surface area contributed by atoms with Gasteiger partial charge in [-0.05, 0) is 36.2 Å². The lowest BCUT2D eigenvalue weighted by atomic mass is 10.1. The Hall–Kier alpha value is -2.18. The number of hydrogen-bond acceptors (Lipinski definition) is 5. The standard InChI is InChI=1S/C19H19N3OS2/c1-14-12-24-19(21-14)25-13-15-5-7-17(8-6-15)18(23)22(2)11-16-4-3-9-20-10-16/h3-10,12H,11,13H2,1-2H3. The van der Waals surface area contributed by atoms with E-state index in [1.54, 1.807) is 40.4 Å². The molecule has 3 rings (SSSR count). The van der Waals surface area contributed by atoms with E-state index in [4.69, 9.17) is 0 Å². The number of hydrogen-bond donors (Lipinski definition) is 0. The number of carbonyl (C=O) groups excluding carboxylic acids is 1. The van der Waals surface area contributed by atoms with E-state index in [1.807, 2.05) is 50.4 Å². The van der Waals surface area contributed by atoms with Gasteiger partial charge in [-0.25, -0.2) is 4.98 Å². The molecule has 0 aliphatic carbocycles. The van der Waals surface area contributed by atoms with Gasteiger partial charge in [-0.2, -0.15) is 0 Å². The number of benzene rings is 1. The molecule has 0 saturated carbocycles. The van der Waals surface area contributed by atoms with Gasteiger partial charge in [-0.1, -0.05) is 30.0 Å². The molecule has 4 nitrogen and oxygen atoms in total. The van der Waals surface area contributed by atoms with Gasteiger partial charge in [0.05, 0.1) is 0 Å². The maximum atomic E-state index is 12.5. The summed E-state index contributed by atoms with van der Waals surface area (Å²) in [6.45, 7) is 2.55. The minimum Gasteiger partial charge on any atom is -0.337 e. The molecule has 0 unspecified atom stereocenters. The summed E-state index contributed by atoms with van der Waals surface area (Å²) in [7, 11) is 1.81. The Morgan fingerprint density at radius 1 is 1.20 bits per heavy atom. The first-order valence-electron chi connectivity index (χ1n) is 7.90. The van der Waals surface area contributed by atoms with Crippen molar-refractivity contribution in [1.82, 2.24) is 14.9 Å². The Balaban J connectivity index is 1.58. The van der Waals surface area contributed by atoms with Crippen LogP contribution in [0.25, 0.3) is 0 Å². The lowest BCUT2D eigenvalue weighted by Crippen LogP contribution is -2.26. The number of aryl methyl sites for hydroxylation is 1. The summed E-state index contributed by atoms with van der Waals surface area (Å²) < 4.78 is 1.08. The minimum absolute atomic E-state index is 0.0126. The van der Waals surface area contributed by atoms with Gasteiger partial charge in [0.25, 0.3) is 5.91 Å². The van der Waals surface area contributed by atoms with Gasteiger partial charge in [0.15, 0.2) is 0 Å². The normalized spacial score (nSPS) is 10.6. The number of amides is 1. The number of aromatic nitrogens is 2. The molecule has 0 atom stereocenters. The topological polar surface area (TPSA) is 46.1 Å². The predicted molar refractivity (Wildman–Crippen MR) is 103 cm³/mol. The number of carbonyl (C=O) groups is 1. The maximum Gasteiger partial charge on any atom is 0.253 e. The maximum absolute atomic E-state index is 12.5. The Morgan fingerprint density at radius 2 is 2.00 bits per heavy atom. The monoisotopic (exact) mass is 369 g/mol. The predicted octanol–water partition coefficient (Wildman–Crippen LogP) is 4.41. The fourth-order valence-corrected chi connectivity index (χ4v) is 4.15. The van der Waals surface area contributed by atoms with Crippen LogP contribution in [0.2, 0.25) is 0 Å². The van der Waals surface area contributed by atoms with Gasteiger partial charge in [-0.15, -0.1) is 11.3 Å². The number of nitrogens with zero attached hydrogens (tertiary/aromatic N) is 3. The zero-order valence-corrected chi connectivity index (χ0v) is 15.8. The summed E-state index contributed by atoms with van der Waals surface area (Å²) in [5.41, 5.74) is 3.96. The average molecular weight is 370 g/mol. The Kier molecular flexibility index (Phi) is 5.83. The molecule has 1 amide bonds. The van der Waals surface area contributed by atoms with Crippen molar-refractivity contribution >= 4 is 29.0 Å². The number of pyridine rings is 1. The van der Waals surface area contributed by atoms with Crippen LogP contribution in [0, 0.1) is 6.92 Å². The van der Waals surface area contributed by atoms with Gasteiger partial charge in [0, 0.05) is 48.4 Å². The number of thioether (sulfide) groups is 1. The quantitative estimate of drug-likeness (QED) is 0.604. The molecule has 0 aliphatic heterocycles. The van der Waals surface area contributed by atoms with Crippen LogP contribution in [0.4, 0.5) is 0 Å². The average Bonchev–Trinajstić information content (AvgIpc) is 3.06. The molecule has 0 N–H and O–H groups in total. The van der Waals surface area contributed by atoms with Crippen LogP contribution in [0.15, 0.2) is 58.5 Å². The van der Waals surface area contributed by atoms with Crippen LogP contribution in [0.1, 0.15) is 27.2 Å². The van der Waals surface area contributed by atoms with E-state index in [2.05, 4.69) is 15.3 Å². The Bertz CT molecular complexity index is 831. The van der Waals surface area contributed by atoms with E-state index in [-0.39, 0.29) is 5.91 Å². The molecule has 0 aliphatic rings. The smallest absolute Gasteiger partial charge is 0.253 e.